The Labute approximate surface area is 73.0 Å². The van der Waals surface area contributed by atoms with Gasteiger partial charge in [0.25, 0.3) is 11.1 Å². The van der Waals surface area contributed by atoms with Crippen LogP contribution in [0.1, 0.15) is 6.92 Å². The highest BCUT2D eigenvalue weighted by atomic mass is 32.2. The van der Waals surface area contributed by atoms with Crippen LogP contribution in [0.2, 0.25) is 0 Å². The molecule has 0 atom stereocenters. The molecule has 0 aromatic heterocycles. The van der Waals surface area contributed by atoms with E-state index in [2.05, 4.69) is 5.32 Å². The summed E-state index contributed by atoms with van der Waals surface area (Å²) in [6.07, 6.45) is 0. The number of rotatable bonds is 2. The van der Waals surface area contributed by atoms with Crippen LogP contribution in [-0.4, -0.2) is 16.9 Å². The lowest BCUT2D eigenvalue weighted by atomic mass is 10.6. The molecule has 1 fully saturated rings. The van der Waals surface area contributed by atoms with E-state index in [0.717, 1.165) is 17.5 Å². The van der Waals surface area contributed by atoms with Crippen molar-refractivity contribution in [1.82, 2.24) is 5.32 Å². The first kappa shape index (κ1) is 8.67. The zero-order chi connectivity index (χ0) is 8.27. The number of imide groups is 1. The van der Waals surface area contributed by atoms with Gasteiger partial charge in [-0.15, -0.1) is 11.8 Å². The molecule has 11 heavy (non-hydrogen) atoms. The van der Waals surface area contributed by atoms with Crippen LogP contribution in [0, 0.1) is 0 Å². The topological polar surface area (TPSA) is 46.2 Å². The second-order valence-electron chi connectivity index (χ2n) is 1.78. The largest absolute Gasteiger partial charge is 0.290 e. The SMILES string of the molecule is CCS/C=C1/SC(=O)NC1=O. The van der Waals surface area contributed by atoms with Crippen LogP contribution in [-0.2, 0) is 4.79 Å². The summed E-state index contributed by atoms with van der Waals surface area (Å²) >= 11 is 2.47. The van der Waals surface area contributed by atoms with Gasteiger partial charge in [0.2, 0.25) is 0 Å². The van der Waals surface area contributed by atoms with Gasteiger partial charge in [0.1, 0.15) is 0 Å². The second kappa shape index (κ2) is 3.82. The average Bonchev–Trinajstić information content (AvgIpc) is 2.26. The molecule has 2 amide bonds. The Balaban J connectivity index is 2.59. The first-order valence-electron chi connectivity index (χ1n) is 3.09. The number of nitrogens with one attached hydrogen (secondary N) is 1. The van der Waals surface area contributed by atoms with Crippen LogP contribution in [0.4, 0.5) is 4.79 Å². The van der Waals surface area contributed by atoms with Gasteiger partial charge in [-0.05, 0) is 22.9 Å². The Morgan fingerprint density at radius 3 is 2.82 bits per heavy atom. The molecule has 60 valence electrons. The van der Waals surface area contributed by atoms with Gasteiger partial charge in [-0.25, -0.2) is 0 Å². The Hall–Kier alpha value is -0.420. The Morgan fingerprint density at radius 1 is 1.64 bits per heavy atom. The third-order valence-corrected chi connectivity index (χ3v) is 2.69. The summed E-state index contributed by atoms with van der Waals surface area (Å²) in [6.45, 7) is 1.99. The van der Waals surface area contributed by atoms with E-state index >= 15 is 0 Å². The van der Waals surface area contributed by atoms with Gasteiger partial charge in [0, 0.05) is 0 Å². The van der Waals surface area contributed by atoms with E-state index in [4.69, 9.17) is 0 Å². The first-order chi connectivity index (χ1) is 5.24. The van der Waals surface area contributed by atoms with E-state index in [0.29, 0.717) is 4.91 Å². The third-order valence-electron chi connectivity index (χ3n) is 0.999. The Kier molecular flexibility index (Phi) is 3.02. The van der Waals surface area contributed by atoms with Crippen LogP contribution < -0.4 is 5.32 Å². The fourth-order valence-electron chi connectivity index (χ4n) is 0.563. The van der Waals surface area contributed by atoms with Crippen LogP contribution in [0.15, 0.2) is 10.3 Å². The highest BCUT2D eigenvalue weighted by molar-refractivity contribution is 8.19. The maximum absolute atomic E-state index is 10.9. The molecule has 0 radical (unpaired) electrons. The molecule has 1 N–H and O–H groups in total. The summed E-state index contributed by atoms with van der Waals surface area (Å²) in [4.78, 5) is 22.0. The molecular weight excluding hydrogens is 182 g/mol. The fraction of sp³-hybridized carbons (Fsp3) is 0.333. The smallest absolute Gasteiger partial charge is 0.282 e. The van der Waals surface area contributed by atoms with Crippen molar-refractivity contribution >= 4 is 34.7 Å². The minimum atomic E-state index is -0.280. The molecule has 0 bridgehead atoms. The molecule has 3 nitrogen and oxygen atoms in total. The van der Waals surface area contributed by atoms with Crippen molar-refractivity contribution in [2.45, 2.75) is 6.92 Å². The van der Waals surface area contributed by atoms with Gasteiger partial charge in [-0.1, -0.05) is 6.92 Å². The fourth-order valence-corrected chi connectivity index (χ4v) is 1.87. The molecule has 0 saturated carbocycles. The van der Waals surface area contributed by atoms with Gasteiger partial charge in [0.05, 0.1) is 4.91 Å². The van der Waals surface area contributed by atoms with Gasteiger partial charge >= 0.3 is 0 Å². The summed E-state index contributed by atoms with van der Waals surface area (Å²) < 4.78 is 0. The minimum absolute atomic E-state index is 0.277. The molecular formula is C6H7NO2S2. The number of amides is 2. The Morgan fingerprint density at radius 2 is 2.36 bits per heavy atom. The van der Waals surface area contributed by atoms with Gasteiger partial charge < -0.3 is 0 Å². The summed E-state index contributed by atoms with van der Waals surface area (Å²) in [5, 5.41) is 3.61. The molecule has 1 aliphatic rings. The molecule has 1 rings (SSSR count). The van der Waals surface area contributed by atoms with Crippen molar-refractivity contribution < 1.29 is 9.59 Å². The van der Waals surface area contributed by atoms with E-state index in [9.17, 15) is 9.59 Å². The molecule has 1 aliphatic heterocycles. The van der Waals surface area contributed by atoms with Gasteiger partial charge in [-0.2, -0.15) is 0 Å². The highest BCUT2D eigenvalue weighted by Gasteiger charge is 2.24. The summed E-state index contributed by atoms with van der Waals surface area (Å²) in [7, 11) is 0. The normalized spacial score (nSPS) is 21.0. The van der Waals surface area contributed by atoms with E-state index < -0.39 is 0 Å². The quantitative estimate of drug-likeness (QED) is 0.670. The third kappa shape index (κ3) is 2.27. The van der Waals surface area contributed by atoms with Crippen LogP contribution in [0.3, 0.4) is 0 Å². The molecule has 0 aliphatic carbocycles. The van der Waals surface area contributed by atoms with Gasteiger partial charge in [-0.3, -0.25) is 14.9 Å². The maximum atomic E-state index is 10.9. The minimum Gasteiger partial charge on any atom is -0.282 e. The number of hydrogen-bond acceptors (Lipinski definition) is 4. The van der Waals surface area contributed by atoms with Crippen molar-refractivity contribution in [3.8, 4) is 0 Å². The number of carbonyl (C=O) groups excluding carboxylic acids is 2. The Bertz CT molecular complexity index is 225. The van der Waals surface area contributed by atoms with E-state index in [-0.39, 0.29) is 11.1 Å². The molecule has 1 heterocycles. The van der Waals surface area contributed by atoms with Crippen molar-refractivity contribution in [2.24, 2.45) is 0 Å². The molecule has 0 aromatic rings. The lowest BCUT2D eigenvalue weighted by Crippen LogP contribution is -2.17. The lowest BCUT2D eigenvalue weighted by molar-refractivity contribution is -0.115. The number of thioether (sulfide) groups is 2. The van der Waals surface area contributed by atoms with E-state index in [1.807, 2.05) is 6.92 Å². The zero-order valence-electron chi connectivity index (χ0n) is 5.92. The van der Waals surface area contributed by atoms with Gasteiger partial charge in [0.15, 0.2) is 0 Å². The van der Waals surface area contributed by atoms with Crippen LogP contribution >= 0.6 is 23.5 Å². The molecule has 0 aromatic carbocycles. The first-order valence-corrected chi connectivity index (χ1v) is 4.95. The number of carbonyl (C=O) groups is 2. The highest BCUT2D eigenvalue weighted by Crippen LogP contribution is 2.25. The summed E-state index contributed by atoms with van der Waals surface area (Å²) in [5.41, 5.74) is 0. The van der Waals surface area contributed by atoms with E-state index in [1.54, 1.807) is 5.41 Å². The maximum Gasteiger partial charge on any atom is 0.290 e. The summed E-state index contributed by atoms with van der Waals surface area (Å²) in [5.74, 6) is 0.631. The van der Waals surface area contributed by atoms with Crippen LogP contribution in [0.5, 0.6) is 0 Å². The molecule has 0 unspecified atom stereocenters. The van der Waals surface area contributed by atoms with E-state index in [1.165, 1.54) is 11.8 Å². The zero-order valence-corrected chi connectivity index (χ0v) is 7.55. The predicted molar refractivity (Wildman–Crippen MR) is 47.3 cm³/mol. The average molecular weight is 189 g/mol. The van der Waals surface area contributed by atoms with Crippen molar-refractivity contribution in [2.75, 3.05) is 5.75 Å². The van der Waals surface area contributed by atoms with Crippen molar-refractivity contribution in [3.05, 3.63) is 10.3 Å². The second-order valence-corrected chi connectivity index (χ2v) is 3.94. The van der Waals surface area contributed by atoms with Crippen molar-refractivity contribution in [3.63, 3.8) is 0 Å². The van der Waals surface area contributed by atoms with Crippen molar-refractivity contribution in [1.29, 1.82) is 0 Å². The molecule has 0 spiro atoms. The lowest BCUT2D eigenvalue weighted by Gasteiger charge is -1.87. The predicted octanol–water partition coefficient (Wildman–Crippen LogP) is 1.56. The molecule has 5 heteroatoms. The van der Waals surface area contributed by atoms with Crippen LogP contribution in [0.25, 0.3) is 0 Å². The molecule has 1 saturated heterocycles. The summed E-state index contributed by atoms with van der Waals surface area (Å²) in [6, 6.07) is 0. The number of hydrogen-bond donors (Lipinski definition) is 1. The monoisotopic (exact) mass is 189 g/mol. The standard InChI is InChI=1S/C6H7NO2S2/c1-2-10-3-4-5(8)7-6(9)11-4/h3H,2H2,1H3,(H,7,8,9)/b4-3+.